The van der Waals surface area contributed by atoms with Crippen LogP contribution < -0.4 is 5.32 Å². The number of alkyl halides is 2. The molecule has 1 aromatic rings. The van der Waals surface area contributed by atoms with Gasteiger partial charge in [0.2, 0.25) is 0 Å². The van der Waals surface area contributed by atoms with Gasteiger partial charge in [-0.15, -0.1) is 0 Å². The Balaban J connectivity index is 2.69. The summed E-state index contributed by atoms with van der Waals surface area (Å²) in [4.78, 5) is 0. The highest BCUT2D eigenvalue weighted by Crippen LogP contribution is 2.27. The zero-order chi connectivity index (χ0) is 13.1. The minimum atomic E-state index is -2.94. The number of hydrogen-bond acceptors (Lipinski definition) is 2. The average molecular weight is 243 g/mol. The first-order valence-electron chi connectivity index (χ1n) is 5.62. The van der Waals surface area contributed by atoms with Crippen LogP contribution in [0.25, 0.3) is 0 Å². The first kappa shape index (κ1) is 14.1. The van der Waals surface area contributed by atoms with E-state index in [0.29, 0.717) is 0 Å². The Morgan fingerprint density at radius 3 is 2.24 bits per heavy atom. The number of halogens is 2. The molecule has 2 N–H and O–H groups in total. The molecule has 0 radical (unpaired) electrons. The second-order valence-electron chi connectivity index (χ2n) is 4.82. The van der Waals surface area contributed by atoms with Crippen molar-refractivity contribution < 1.29 is 13.9 Å². The summed E-state index contributed by atoms with van der Waals surface area (Å²) in [6.45, 7) is 4.47. The van der Waals surface area contributed by atoms with Crippen molar-refractivity contribution in [2.24, 2.45) is 0 Å². The van der Waals surface area contributed by atoms with Crippen molar-refractivity contribution in [1.29, 1.82) is 0 Å². The molecule has 4 heteroatoms. The van der Waals surface area contributed by atoms with Crippen LogP contribution in [0.2, 0.25) is 0 Å². The Morgan fingerprint density at radius 1 is 1.24 bits per heavy atom. The second-order valence-corrected chi connectivity index (χ2v) is 4.82. The van der Waals surface area contributed by atoms with Gasteiger partial charge in [0, 0.05) is 11.1 Å². The summed E-state index contributed by atoms with van der Waals surface area (Å²) in [7, 11) is 0. The number of hydrogen-bond donors (Lipinski definition) is 2. The van der Waals surface area contributed by atoms with Crippen molar-refractivity contribution in [2.45, 2.75) is 38.3 Å². The molecule has 1 rings (SSSR count). The summed E-state index contributed by atoms with van der Waals surface area (Å²) in [5, 5.41) is 12.1. The average Bonchev–Trinajstić information content (AvgIpc) is 2.28. The Morgan fingerprint density at radius 2 is 1.76 bits per heavy atom. The van der Waals surface area contributed by atoms with Crippen LogP contribution in [0.5, 0.6) is 0 Å². The lowest BCUT2D eigenvalue weighted by atomic mass is 9.98. The third kappa shape index (κ3) is 3.75. The maximum Gasteiger partial charge on any atom is 0.285 e. The van der Waals surface area contributed by atoms with Crippen molar-refractivity contribution in [3.05, 3.63) is 35.9 Å². The Bertz CT molecular complexity index is 350. The summed E-state index contributed by atoms with van der Waals surface area (Å²) < 4.78 is 27.6. The van der Waals surface area contributed by atoms with Crippen LogP contribution in [0.3, 0.4) is 0 Å². The fourth-order valence-electron chi connectivity index (χ4n) is 1.27. The molecule has 0 aliphatic rings. The largest absolute Gasteiger partial charge is 0.392 e. The maximum absolute atomic E-state index is 13.8. The molecular weight excluding hydrogens is 224 g/mol. The molecule has 0 aliphatic heterocycles. The monoisotopic (exact) mass is 243 g/mol. The molecule has 0 saturated carbocycles. The number of aliphatic hydroxyl groups excluding tert-OH is 1. The van der Waals surface area contributed by atoms with Gasteiger partial charge in [-0.2, -0.15) is 8.78 Å². The van der Waals surface area contributed by atoms with Gasteiger partial charge in [-0.05, 0) is 20.8 Å². The van der Waals surface area contributed by atoms with Crippen LogP contribution in [0, 0.1) is 0 Å². The lowest BCUT2D eigenvalue weighted by Crippen LogP contribution is -2.51. The van der Waals surface area contributed by atoms with Gasteiger partial charge in [-0.1, -0.05) is 30.3 Å². The number of aliphatic hydroxyl groups is 1. The SMILES string of the molecule is CC(O)C(C)(C)NCC(F)(F)c1ccccc1. The maximum atomic E-state index is 13.8. The first-order valence-corrected chi connectivity index (χ1v) is 5.62. The standard InChI is InChI=1S/C13H19F2NO/c1-10(17)12(2,3)16-9-13(14,15)11-7-5-4-6-8-11/h4-8,10,16-17H,9H2,1-3H3. The molecule has 1 aromatic carbocycles. The highest BCUT2D eigenvalue weighted by Gasteiger charge is 2.34. The van der Waals surface area contributed by atoms with Crippen LogP contribution in [0.1, 0.15) is 26.3 Å². The van der Waals surface area contributed by atoms with E-state index in [0.717, 1.165) is 0 Å². The molecule has 1 unspecified atom stereocenters. The summed E-state index contributed by atoms with van der Waals surface area (Å²) in [5.74, 6) is -2.94. The highest BCUT2D eigenvalue weighted by atomic mass is 19.3. The van der Waals surface area contributed by atoms with Gasteiger partial charge in [0.05, 0.1) is 12.6 Å². The fraction of sp³-hybridized carbons (Fsp3) is 0.538. The van der Waals surface area contributed by atoms with E-state index < -0.39 is 24.1 Å². The molecule has 0 aromatic heterocycles. The molecule has 0 spiro atoms. The van der Waals surface area contributed by atoms with Crippen LogP contribution in [0.15, 0.2) is 30.3 Å². The van der Waals surface area contributed by atoms with Gasteiger partial charge in [0.15, 0.2) is 0 Å². The minimum absolute atomic E-state index is 0.0195. The Hall–Kier alpha value is -1.00. The van der Waals surface area contributed by atoms with Gasteiger partial charge < -0.3 is 10.4 Å². The number of nitrogens with one attached hydrogen (secondary N) is 1. The summed E-state index contributed by atoms with van der Waals surface area (Å²) in [5.41, 5.74) is -0.757. The third-order valence-corrected chi connectivity index (χ3v) is 3.01. The molecule has 0 fully saturated rings. The third-order valence-electron chi connectivity index (χ3n) is 3.01. The zero-order valence-electron chi connectivity index (χ0n) is 10.4. The van der Waals surface area contributed by atoms with Crippen LogP contribution in [-0.4, -0.2) is 23.3 Å². The lowest BCUT2D eigenvalue weighted by molar-refractivity contribution is -0.0186. The highest BCUT2D eigenvalue weighted by molar-refractivity contribution is 5.20. The predicted octanol–water partition coefficient (Wildman–Crippen LogP) is 2.53. The smallest absolute Gasteiger partial charge is 0.285 e. The molecule has 17 heavy (non-hydrogen) atoms. The van der Waals surface area contributed by atoms with Gasteiger partial charge in [0.25, 0.3) is 5.92 Å². The van der Waals surface area contributed by atoms with Crippen molar-refractivity contribution >= 4 is 0 Å². The van der Waals surface area contributed by atoms with Crippen molar-refractivity contribution in [2.75, 3.05) is 6.54 Å². The topological polar surface area (TPSA) is 32.3 Å². The van der Waals surface area contributed by atoms with Crippen LogP contribution in [-0.2, 0) is 5.92 Å². The molecular formula is C13H19F2NO. The normalized spacial score (nSPS) is 14.7. The van der Waals surface area contributed by atoms with Crippen LogP contribution >= 0.6 is 0 Å². The van der Waals surface area contributed by atoms with Crippen molar-refractivity contribution in [1.82, 2.24) is 5.32 Å². The molecule has 0 saturated heterocycles. The van der Waals surface area contributed by atoms with Crippen molar-refractivity contribution in [3.63, 3.8) is 0 Å². The van der Waals surface area contributed by atoms with Gasteiger partial charge in [0.1, 0.15) is 0 Å². The Kier molecular flexibility index (Phi) is 4.22. The van der Waals surface area contributed by atoms with E-state index >= 15 is 0 Å². The summed E-state index contributed by atoms with van der Waals surface area (Å²) in [6.07, 6.45) is -0.700. The van der Waals surface area contributed by atoms with E-state index in [9.17, 15) is 13.9 Å². The molecule has 0 heterocycles. The second kappa shape index (κ2) is 5.10. The molecule has 0 aliphatic carbocycles. The Labute approximate surface area is 101 Å². The van der Waals surface area contributed by atoms with E-state index in [4.69, 9.17) is 0 Å². The van der Waals surface area contributed by atoms with Gasteiger partial charge >= 0.3 is 0 Å². The number of benzene rings is 1. The fourth-order valence-corrected chi connectivity index (χ4v) is 1.27. The lowest BCUT2D eigenvalue weighted by Gasteiger charge is -2.31. The van der Waals surface area contributed by atoms with Gasteiger partial charge in [-0.25, -0.2) is 0 Å². The molecule has 0 bridgehead atoms. The van der Waals surface area contributed by atoms with E-state index in [1.54, 1.807) is 39.0 Å². The first-order chi connectivity index (χ1) is 7.76. The molecule has 0 amide bonds. The van der Waals surface area contributed by atoms with E-state index in [1.807, 2.05) is 0 Å². The van der Waals surface area contributed by atoms with Crippen LogP contribution in [0.4, 0.5) is 8.78 Å². The van der Waals surface area contributed by atoms with E-state index in [-0.39, 0.29) is 5.56 Å². The predicted molar refractivity (Wildman–Crippen MR) is 64.1 cm³/mol. The molecule has 2 nitrogen and oxygen atoms in total. The summed E-state index contributed by atoms with van der Waals surface area (Å²) in [6, 6.07) is 7.67. The van der Waals surface area contributed by atoms with Gasteiger partial charge in [-0.3, -0.25) is 0 Å². The summed E-state index contributed by atoms with van der Waals surface area (Å²) >= 11 is 0. The minimum Gasteiger partial charge on any atom is -0.392 e. The van der Waals surface area contributed by atoms with Crippen molar-refractivity contribution in [3.8, 4) is 0 Å². The quantitative estimate of drug-likeness (QED) is 0.833. The number of rotatable bonds is 5. The molecule has 96 valence electrons. The molecule has 1 atom stereocenters. The van der Waals surface area contributed by atoms with E-state index in [2.05, 4.69) is 5.32 Å². The van der Waals surface area contributed by atoms with E-state index in [1.165, 1.54) is 12.1 Å². The zero-order valence-corrected chi connectivity index (χ0v) is 10.4.